The molecule has 0 spiro atoms. The molecule has 1 aromatic heterocycles. The molecule has 10 heteroatoms. The molecule has 4 rings (SSSR count). The third-order valence-corrected chi connectivity index (χ3v) is 4.29. The van der Waals surface area contributed by atoms with Crippen molar-refractivity contribution in [2.24, 2.45) is 0 Å². The van der Waals surface area contributed by atoms with Crippen molar-refractivity contribution in [3.63, 3.8) is 0 Å². The summed E-state index contributed by atoms with van der Waals surface area (Å²) in [7, 11) is 0. The molecule has 1 heterocycles. The molecule has 0 aliphatic heterocycles. The molecule has 142 valence electrons. The fraction of sp³-hybridized carbons (Fsp3) is 0.111. The lowest BCUT2D eigenvalue weighted by atomic mass is 9.86. The Morgan fingerprint density at radius 1 is 1.07 bits per heavy atom. The Balaban J connectivity index is 1.86. The minimum absolute atomic E-state index is 0.0216. The lowest BCUT2D eigenvalue weighted by Gasteiger charge is -2.19. The molecular weight excluding hydrogens is 433 g/mol. The van der Waals surface area contributed by atoms with Gasteiger partial charge in [-0.25, -0.2) is 9.59 Å². The minimum atomic E-state index is -1.81. The molecule has 28 heavy (non-hydrogen) atoms. The SMILES string of the molecule is O=C(OCC(Cl)(Cl)Cl)Oc1ccc2oc(=O)nc3c2c1C(=O)c1ccccc1-3. The summed E-state index contributed by atoms with van der Waals surface area (Å²) in [5.74, 6) is -1.33. The Labute approximate surface area is 171 Å². The second-order valence-corrected chi connectivity index (χ2v) is 8.29. The van der Waals surface area contributed by atoms with Crippen LogP contribution in [0.3, 0.4) is 0 Å². The second-order valence-electron chi connectivity index (χ2n) is 5.77. The van der Waals surface area contributed by atoms with E-state index in [1.807, 2.05) is 0 Å². The Bertz CT molecular complexity index is 1200. The van der Waals surface area contributed by atoms with Crippen molar-refractivity contribution < 1.29 is 23.5 Å². The van der Waals surface area contributed by atoms with Crippen LogP contribution in [0.5, 0.6) is 5.75 Å². The Hall–Kier alpha value is -2.61. The first-order valence-electron chi connectivity index (χ1n) is 7.78. The molecule has 0 N–H and O–H groups in total. The number of aromatic nitrogens is 1. The van der Waals surface area contributed by atoms with Gasteiger partial charge in [0.2, 0.25) is 3.79 Å². The van der Waals surface area contributed by atoms with Gasteiger partial charge in [0.25, 0.3) is 0 Å². The highest BCUT2D eigenvalue weighted by molar-refractivity contribution is 6.67. The van der Waals surface area contributed by atoms with Crippen molar-refractivity contribution in [3.05, 3.63) is 58.1 Å². The van der Waals surface area contributed by atoms with Crippen LogP contribution >= 0.6 is 34.8 Å². The molecule has 0 radical (unpaired) electrons. The maximum absolute atomic E-state index is 13.1. The average molecular weight is 441 g/mol. The van der Waals surface area contributed by atoms with E-state index in [9.17, 15) is 14.4 Å². The maximum atomic E-state index is 13.1. The number of fused-ring (bicyclic) bond motifs is 2. The number of rotatable bonds is 2. The van der Waals surface area contributed by atoms with Crippen LogP contribution in [0.2, 0.25) is 0 Å². The normalized spacial score (nSPS) is 12.6. The highest BCUT2D eigenvalue weighted by Crippen LogP contribution is 2.41. The summed E-state index contributed by atoms with van der Waals surface area (Å²) in [5, 5.41) is 0.259. The number of nitrogens with zero attached hydrogens (tertiary/aromatic N) is 1. The first-order valence-corrected chi connectivity index (χ1v) is 8.91. The van der Waals surface area contributed by atoms with Gasteiger partial charge in [-0.3, -0.25) is 4.79 Å². The van der Waals surface area contributed by atoms with Crippen LogP contribution in [0.1, 0.15) is 15.9 Å². The summed E-state index contributed by atoms with van der Waals surface area (Å²) in [5.41, 5.74) is 1.20. The topological polar surface area (TPSA) is 95.7 Å². The zero-order valence-corrected chi connectivity index (χ0v) is 16.0. The largest absolute Gasteiger partial charge is 0.514 e. The first kappa shape index (κ1) is 18.7. The van der Waals surface area contributed by atoms with Crippen LogP contribution in [0.25, 0.3) is 22.2 Å². The van der Waals surface area contributed by atoms with E-state index < -0.39 is 28.1 Å². The van der Waals surface area contributed by atoms with Crippen LogP contribution in [0.4, 0.5) is 4.79 Å². The highest BCUT2D eigenvalue weighted by atomic mass is 35.6. The Morgan fingerprint density at radius 2 is 1.79 bits per heavy atom. The molecule has 1 aliphatic rings. The monoisotopic (exact) mass is 439 g/mol. The average Bonchev–Trinajstić information content (AvgIpc) is 2.64. The van der Waals surface area contributed by atoms with Crippen molar-refractivity contribution >= 4 is 57.7 Å². The lowest BCUT2D eigenvalue weighted by Crippen LogP contribution is -2.21. The van der Waals surface area contributed by atoms with Gasteiger partial charge in [0.1, 0.15) is 17.9 Å². The van der Waals surface area contributed by atoms with Crippen LogP contribution < -0.4 is 10.5 Å². The minimum Gasteiger partial charge on any atom is -0.429 e. The van der Waals surface area contributed by atoms with E-state index in [1.165, 1.54) is 12.1 Å². The number of benzene rings is 2. The molecule has 1 aliphatic carbocycles. The van der Waals surface area contributed by atoms with Gasteiger partial charge < -0.3 is 13.9 Å². The van der Waals surface area contributed by atoms with Gasteiger partial charge in [-0.05, 0) is 12.1 Å². The quantitative estimate of drug-likeness (QED) is 0.261. The molecule has 2 aromatic carbocycles. The van der Waals surface area contributed by atoms with E-state index >= 15 is 0 Å². The van der Waals surface area contributed by atoms with Gasteiger partial charge in [-0.15, -0.1) is 0 Å². The van der Waals surface area contributed by atoms with Crippen molar-refractivity contribution in [3.8, 4) is 17.0 Å². The number of ether oxygens (including phenoxy) is 2. The van der Waals surface area contributed by atoms with Crippen LogP contribution in [-0.4, -0.2) is 27.3 Å². The predicted molar refractivity (Wildman–Crippen MR) is 101 cm³/mol. The van der Waals surface area contributed by atoms with Crippen LogP contribution in [0.15, 0.2) is 45.6 Å². The second kappa shape index (κ2) is 6.77. The summed E-state index contributed by atoms with van der Waals surface area (Å²) in [6.07, 6.45) is -1.17. The zero-order chi connectivity index (χ0) is 20.1. The van der Waals surface area contributed by atoms with E-state index in [1.54, 1.807) is 24.3 Å². The van der Waals surface area contributed by atoms with Crippen molar-refractivity contribution in [1.29, 1.82) is 0 Å². The van der Waals surface area contributed by atoms with E-state index in [4.69, 9.17) is 48.7 Å². The van der Waals surface area contributed by atoms with Gasteiger partial charge in [0.15, 0.2) is 5.78 Å². The third kappa shape index (κ3) is 3.32. The molecule has 0 atom stereocenters. The van der Waals surface area contributed by atoms with Gasteiger partial charge in [0.05, 0.1) is 16.6 Å². The van der Waals surface area contributed by atoms with Crippen LogP contribution in [0, 0.1) is 0 Å². The van der Waals surface area contributed by atoms with Crippen molar-refractivity contribution in [1.82, 2.24) is 4.98 Å². The fourth-order valence-electron chi connectivity index (χ4n) is 2.94. The van der Waals surface area contributed by atoms with Gasteiger partial charge in [0, 0.05) is 11.1 Å². The zero-order valence-electron chi connectivity index (χ0n) is 13.7. The number of carbonyl (C=O) groups is 2. The van der Waals surface area contributed by atoms with Crippen molar-refractivity contribution in [2.75, 3.05) is 6.61 Å². The third-order valence-electron chi connectivity index (χ3n) is 3.97. The van der Waals surface area contributed by atoms with Crippen LogP contribution in [-0.2, 0) is 4.74 Å². The summed E-state index contributed by atoms with van der Waals surface area (Å²) in [6, 6.07) is 9.34. The van der Waals surface area contributed by atoms with Gasteiger partial charge in [-0.2, -0.15) is 4.98 Å². The molecule has 0 amide bonds. The van der Waals surface area contributed by atoms with Gasteiger partial charge >= 0.3 is 11.9 Å². The number of ketones is 1. The molecule has 0 saturated carbocycles. The highest BCUT2D eigenvalue weighted by Gasteiger charge is 2.32. The lowest BCUT2D eigenvalue weighted by molar-refractivity contribution is 0.0984. The number of hydrogen-bond acceptors (Lipinski definition) is 7. The summed E-state index contributed by atoms with van der Waals surface area (Å²) in [6.45, 7) is -0.544. The Kier molecular flexibility index (Phi) is 4.53. The number of hydrogen-bond donors (Lipinski definition) is 0. The number of halogens is 3. The molecular formula is C18H8Cl3NO6. The predicted octanol–water partition coefficient (Wildman–Crippen LogP) is 4.29. The summed E-state index contributed by atoms with van der Waals surface area (Å²) < 4.78 is 13.2. The molecule has 3 aromatic rings. The maximum Gasteiger partial charge on any atom is 0.514 e. The standard InChI is InChI=1S/C18H8Cl3NO6/c19-18(20,21)7-26-17(25)28-11-6-5-10-12-13(11)15(23)9-4-2-1-3-8(9)14(12)22-16(24)27-10/h1-6H,7H2. The van der Waals surface area contributed by atoms with E-state index in [0.29, 0.717) is 11.1 Å². The molecule has 0 unspecified atom stereocenters. The molecule has 0 fully saturated rings. The van der Waals surface area contributed by atoms with E-state index in [-0.39, 0.29) is 28.0 Å². The molecule has 0 saturated heterocycles. The summed E-state index contributed by atoms with van der Waals surface area (Å²) >= 11 is 16.6. The molecule has 0 bridgehead atoms. The number of carbonyl (C=O) groups excluding carboxylic acids is 2. The van der Waals surface area contributed by atoms with E-state index in [0.717, 1.165) is 0 Å². The molecule has 7 nitrogen and oxygen atoms in total. The fourth-order valence-corrected chi connectivity index (χ4v) is 3.10. The number of alkyl halides is 3. The van der Waals surface area contributed by atoms with Gasteiger partial charge in [-0.1, -0.05) is 59.1 Å². The van der Waals surface area contributed by atoms with E-state index in [2.05, 4.69) is 4.98 Å². The Morgan fingerprint density at radius 3 is 2.50 bits per heavy atom. The smallest absolute Gasteiger partial charge is 0.429 e. The summed E-state index contributed by atoms with van der Waals surface area (Å²) in [4.78, 5) is 40.7. The van der Waals surface area contributed by atoms with Crippen molar-refractivity contribution in [2.45, 2.75) is 3.79 Å². The first-order chi connectivity index (χ1) is 13.2.